The summed E-state index contributed by atoms with van der Waals surface area (Å²) >= 11 is 0. The molecule has 0 bridgehead atoms. The third-order valence-corrected chi connectivity index (χ3v) is 6.21. The number of aryl methyl sites for hydroxylation is 1. The fraction of sp³-hybridized carbons (Fsp3) is 0.304. The maximum Gasteiger partial charge on any atom is 0.276 e. The minimum atomic E-state index is -3.09. The van der Waals surface area contributed by atoms with Gasteiger partial charge in [-0.05, 0) is 49.9 Å². The normalized spacial score (nSPS) is 13.1. The van der Waals surface area contributed by atoms with E-state index in [9.17, 15) is 13.2 Å². The lowest BCUT2D eigenvalue weighted by molar-refractivity contribution is 0.102. The van der Waals surface area contributed by atoms with Crippen LogP contribution in [0.2, 0.25) is 0 Å². The van der Waals surface area contributed by atoms with Gasteiger partial charge in [0.15, 0.2) is 15.5 Å². The van der Waals surface area contributed by atoms with E-state index in [1.807, 2.05) is 35.9 Å². The van der Waals surface area contributed by atoms with Crippen molar-refractivity contribution in [3.05, 3.63) is 71.0 Å². The molecule has 1 N–H and O–H groups in total. The van der Waals surface area contributed by atoms with Crippen LogP contribution in [0.1, 0.15) is 33.7 Å². The van der Waals surface area contributed by atoms with Gasteiger partial charge in [-0.1, -0.05) is 24.3 Å². The lowest BCUT2D eigenvalue weighted by atomic mass is 10.1. The molecule has 0 aliphatic heterocycles. The first-order valence-electron chi connectivity index (χ1n) is 10.2. The van der Waals surface area contributed by atoms with E-state index in [4.69, 9.17) is 4.74 Å². The molecule has 31 heavy (non-hydrogen) atoms. The minimum Gasteiger partial charge on any atom is -0.492 e. The Kier molecular flexibility index (Phi) is 5.82. The van der Waals surface area contributed by atoms with Crippen molar-refractivity contribution in [2.45, 2.75) is 26.2 Å². The van der Waals surface area contributed by atoms with Gasteiger partial charge in [0.05, 0.1) is 11.4 Å². The van der Waals surface area contributed by atoms with Crippen LogP contribution in [0.4, 0.5) is 5.69 Å². The Morgan fingerprint density at radius 2 is 1.97 bits per heavy atom. The van der Waals surface area contributed by atoms with Crippen LogP contribution in [0, 0.1) is 6.92 Å². The lowest BCUT2D eigenvalue weighted by Gasteiger charge is -2.09. The third kappa shape index (κ3) is 4.80. The average molecular weight is 440 g/mol. The summed E-state index contributed by atoms with van der Waals surface area (Å²) in [5.41, 5.74) is 5.20. The third-order valence-electron chi connectivity index (χ3n) is 5.30. The fourth-order valence-corrected chi connectivity index (χ4v) is 4.17. The molecule has 0 saturated carbocycles. The van der Waals surface area contributed by atoms with Crippen molar-refractivity contribution in [3.63, 3.8) is 0 Å². The SMILES string of the molecule is Cc1ccccc1-n1nc(C(=O)Nc2cccc(OCCS(C)(=O)=O)c2)c2c1CCC2. The van der Waals surface area contributed by atoms with Crippen LogP contribution in [0.15, 0.2) is 48.5 Å². The molecule has 0 unspecified atom stereocenters. The Bertz CT molecular complexity index is 1230. The van der Waals surface area contributed by atoms with E-state index in [1.54, 1.807) is 24.3 Å². The Balaban J connectivity index is 1.54. The molecule has 0 radical (unpaired) electrons. The summed E-state index contributed by atoms with van der Waals surface area (Å²) in [5.74, 6) is 0.169. The predicted molar refractivity (Wildman–Crippen MR) is 120 cm³/mol. The number of hydrogen-bond acceptors (Lipinski definition) is 5. The first kappa shape index (κ1) is 21.1. The summed E-state index contributed by atoms with van der Waals surface area (Å²) in [5, 5.41) is 7.57. The van der Waals surface area contributed by atoms with Crippen molar-refractivity contribution in [1.29, 1.82) is 0 Å². The van der Waals surface area contributed by atoms with Crippen molar-refractivity contribution in [2.75, 3.05) is 23.9 Å². The molecule has 1 heterocycles. The largest absolute Gasteiger partial charge is 0.492 e. The van der Waals surface area contributed by atoms with Crippen LogP contribution in [0.3, 0.4) is 0 Å². The fourth-order valence-electron chi connectivity index (χ4n) is 3.78. The van der Waals surface area contributed by atoms with Crippen LogP contribution in [0.25, 0.3) is 5.69 Å². The van der Waals surface area contributed by atoms with E-state index in [0.29, 0.717) is 17.1 Å². The van der Waals surface area contributed by atoms with Crippen LogP contribution in [-0.2, 0) is 22.7 Å². The van der Waals surface area contributed by atoms with Gasteiger partial charge in [-0.2, -0.15) is 5.10 Å². The molecule has 1 aliphatic rings. The average Bonchev–Trinajstić information content (AvgIpc) is 3.30. The molecule has 0 spiro atoms. The number of rotatable bonds is 7. The number of amides is 1. The molecule has 4 rings (SSSR count). The molecule has 3 aromatic rings. The maximum atomic E-state index is 13.1. The number of ether oxygens (including phenoxy) is 1. The Morgan fingerprint density at radius 3 is 2.74 bits per heavy atom. The second kappa shape index (κ2) is 8.55. The standard InChI is InChI=1S/C23H25N3O4S/c1-16-7-3-4-11-20(16)26-21-12-6-10-19(21)22(25-26)23(27)24-17-8-5-9-18(15-17)30-13-14-31(2,28)29/h3-5,7-9,11,15H,6,10,12-14H2,1-2H3,(H,24,27). The predicted octanol–water partition coefficient (Wildman–Crippen LogP) is 3.35. The van der Waals surface area contributed by atoms with Gasteiger partial charge in [0.25, 0.3) is 5.91 Å². The molecule has 2 aromatic carbocycles. The Hall–Kier alpha value is -3.13. The van der Waals surface area contributed by atoms with Crippen molar-refractivity contribution in [3.8, 4) is 11.4 Å². The number of para-hydroxylation sites is 1. The van der Waals surface area contributed by atoms with E-state index in [0.717, 1.165) is 41.8 Å². The Labute approximate surface area is 182 Å². The highest BCUT2D eigenvalue weighted by atomic mass is 32.2. The smallest absolute Gasteiger partial charge is 0.276 e. The number of anilines is 1. The van der Waals surface area contributed by atoms with Crippen molar-refractivity contribution in [2.24, 2.45) is 0 Å². The van der Waals surface area contributed by atoms with Crippen LogP contribution in [-0.4, -0.2) is 42.7 Å². The molecular formula is C23H25N3O4S. The molecule has 1 aliphatic carbocycles. The maximum absolute atomic E-state index is 13.1. The number of carbonyl (C=O) groups is 1. The highest BCUT2D eigenvalue weighted by Crippen LogP contribution is 2.29. The van der Waals surface area contributed by atoms with Gasteiger partial charge in [0.1, 0.15) is 12.4 Å². The van der Waals surface area contributed by atoms with Crippen LogP contribution in [0.5, 0.6) is 5.75 Å². The number of benzene rings is 2. The van der Waals surface area contributed by atoms with E-state index in [2.05, 4.69) is 10.4 Å². The molecule has 162 valence electrons. The summed E-state index contributed by atoms with van der Waals surface area (Å²) in [4.78, 5) is 13.1. The summed E-state index contributed by atoms with van der Waals surface area (Å²) in [6.07, 6.45) is 3.90. The lowest BCUT2D eigenvalue weighted by Crippen LogP contribution is -2.15. The quantitative estimate of drug-likeness (QED) is 0.610. The first-order valence-corrected chi connectivity index (χ1v) is 12.3. The second-order valence-corrected chi connectivity index (χ2v) is 10.0. The van der Waals surface area contributed by atoms with Gasteiger partial charge >= 0.3 is 0 Å². The number of fused-ring (bicyclic) bond motifs is 1. The summed E-state index contributed by atoms with van der Waals surface area (Å²) < 4.78 is 29.9. The van der Waals surface area contributed by atoms with Gasteiger partial charge in [-0.3, -0.25) is 4.79 Å². The number of carbonyl (C=O) groups excluding carboxylic acids is 1. The zero-order valence-electron chi connectivity index (χ0n) is 17.6. The topological polar surface area (TPSA) is 90.3 Å². The molecule has 0 fully saturated rings. The van der Waals surface area contributed by atoms with Crippen LogP contribution < -0.4 is 10.1 Å². The molecule has 8 heteroatoms. The van der Waals surface area contributed by atoms with Gasteiger partial charge in [0, 0.05) is 29.3 Å². The van der Waals surface area contributed by atoms with Crippen molar-refractivity contribution in [1.82, 2.24) is 9.78 Å². The van der Waals surface area contributed by atoms with E-state index in [1.165, 1.54) is 6.26 Å². The molecule has 7 nitrogen and oxygen atoms in total. The zero-order chi connectivity index (χ0) is 22.0. The van der Waals surface area contributed by atoms with E-state index in [-0.39, 0.29) is 18.3 Å². The van der Waals surface area contributed by atoms with Crippen molar-refractivity contribution >= 4 is 21.4 Å². The van der Waals surface area contributed by atoms with E-state index < -0.39 is 9.84 Å². The molecular weight excluding hydrogens is 414 g/mol. The highest BCUT2D eigenvalue weighted by Gasteiger charge is 2.27. The van der Waals surface area contributed by atoms with Gasteiger partial charge in [0.2, 0.25) is 0 Å². The summed E-state index contributed by atoms with van der Waals surface area (Å²) in [7, 11) is -3.09. The number of sulfone groups is 1. The molecule has 0 saturated heterocycles. The minimum absolute atomic E-state index is 0.0601. The number of nitrogens with zero attached hydrogens (tertiary/aromatic N) is 2. The van der Waals surface area contributed by atoms with Gasteiger partial charge in [-0.15, -0.1) is 0 Å². The van der Waals surface area contributed by atoms with Crippen molar-refractivity contribution < 1.29 is 17.9 Å². The van der Waals surface area contributed by atoms with Gasteiger partial charge in [-0.25, -0.2) is 13.1 Å². The molecule has 1 aromatic heterocycles. The summed E-state index contributed by atoms with van der Waals surface area (Å²) in [6, 6.07) is 14.9. The van der Waals surface area contributed by atoms with Crippen LogP contribution >= 0.6 is 0 Å². The first-order chi connectivity index (χ1) is 14.8. The summed E-state index contributed by atoms with van der Waals surface area (Å²) in [6.45, 7) is 2.10. The Morgan fingerprint density at radius 1 is 1.16 bits per heavy atom. The molecule has 0 atom stereocenters. The number of hydrogen-bond donors (Lipinski definition) is 1. The zero-order valence-corrected chi connectivity index (χ0v) is 18.4. The number of nitrogens with one attached hydrogen (secondary N) is 1. The second-order valence-electron chi connectivity index (χ2n) is 7.79. The highest BCUT2D eigenvalue weighted by molar-refractivity contribution is 7.90. The monoisotopic (exact) mass is 439 g/mol. The van der Waals surface area contributed by atoms with E-state index >= 15 is 0 Å². The number of aromatic nitrogens is 2. The van der Waals surface area contributed by atoms with Gasteiger partial charge < -0.3 is 10.1 Å². The molecule has 1 amide bonds.